The highest BCUT2D eigenvalue weighted by Crippen LogP contribution is 2.11. The van der Waals surface area contributed by atoms with Gasteiger partial charge in [0.05, 0.1) is 0 Å². The van der Waals surface area contributed by atoms with Crippen molar-refractivity contribution in [2.45, 2.75) is 38.5 Å². The number of nitrogens with two attached hydrogens (primary N) is 1. The zero-order valence-corrected chi connectivity index (χ0v) is 12.6. The van der Waals surface area contributed by atoms with E-state index in [1.807, 2.05) is 24.3 Å². The molecule has 4 N–H and O–H groups in total. The number of hydrogen-bond acceptors (Lipinski definition) is 3. The fraction of sp³-hybridized carbons (Fsp3) is 0.533. The van der Waals surface area contributed by atoms with Crippen molar-refractivity contribution >= 4 is 24.0 Å². The van der Waals surface area contributed by atoms with Crippen LogP contribution in [-0.4, -0.2) is 24.2 Å². The Labute approximate surface area is 127 Å². The molecule has 114 valence electrons. The summed E-state index contributed by atoms with van der Waals surface area (Å²) in [6, 6.07) is 7.59. The molecule has 0 atom stereocenters. The summed E-state index contributed by atoms with van der Waals surface area (Å²) in [4.78, 5) is 11.7. The lowest BCUT2D eigenvalue weighted by Gasteiger charge is -2.06. The van der Waals surface area contributed by atoms with Crippen LogP contribution in [0.15, 0.2) is 24.3 Å². The predicted octanol–water partition coefficient (Wildman–Crippen LogP) is 2.49. The molecule has 0 unspecified atom stereocenters. The molecule has 5 heteroatoms. The lowest BCUT2D eigenvalue weighted by molar-refractivity contribution is -0.116. The molecule has 20 heavy (non-hydrogen) atoms. The van der Waals surface area contributed by atoms with Crippen molar-refractivity contribution in [1.29, 1.82) is 0 Å². The molecule has 0 aliphatic carbocycles. The van der Waals surface area contributed by atoms with E-state index in [2.05, 4.69) is 5.32 Å². The Morgan fingerprint density at radius 2 is 1.75 bits per heavy atom. The second-order valence-corrected chi connectivity index (χ2v) is 4.67. The molecule has 0 saturated carbocycles. The first-order valence-electron chi connectivity index (χ1n) is 6.96. The van der Waals surface area contributed by atoms with E-state index in [4.69, 9.17) is 10.8 Å². The first kappa shape index (κ1) is 18.9. The summed E-state index contributed by atoms with van der Waals surface area (Å²) in [5, 5.41) is 11.7. The number of benzene rings is 1. The molecule has 0 saturated heterocycles. The molecule has 0 aliphatic rings. The van der Waals surface area contributed by atoms with Gasteiger partial charge in [-0.3, -0.25) is 4.79 Å². The van der Waals surface area contributed by atoms with E-state index >= 15 is 0 Å². The van der Waals surface area contributed by atoms with Gasteiger partial charge in [0.15, 0.2) is 0 Å². The van der Waals surface area contributed by atoms with Crippen LogP contribution in [0.5, 0.6) is 0 Å². The molecule has 1 amide bonds. The number of aliphatic hydroxyl groups excluding tert-OH is 1. The maximum atomic E-state index is 11.7. The number of carbonyl (C=O) groups excluding carboxylic acids is 1. The molecule has 0 aliphatic heterocycles. The van der Waals surface area contributed by atoms with Gasteiger partial charge in [-0.25, -0.2) is 0 Å². The van der Waals surface area contributed by atoms with Crippen LogP contribution in [0.25, 0.3) is 0 Å². The van der Waals surface area contributed by atoms with Crippen LogP contribution < -0.4 is 11.1 Å². The average molecular weight is 301 g/mol. The number of hydrogen-bond donors (Lipinski definition) is 3. The first-order valence-corrected chi connectivity index (χ1v) is 6.96. The van der Waals surface area contributed by atoms with Crippen molar-refractivity contribution in [2.24, 2.45) is 5.73 Å². The van der Waals surface area contributed by atoms with Crippen molar-refractivity contribution in [2.75, 3.05) is 18.5 Å². The van der Waals surface area contributed by atoms with E-state index in [1.165, 1.54) is 0 Å². The molecule has 1 rings (SSSR count). The largest absolute Gasteiger partial charge is 0.396 e. The fourth-order valence-corrected chi connectivity index (χ4v) is 1.89. The van der Waals surface area contributed by atoms with Crippen LogP contribution >= 0.6 is 12.4 Å². The van der Waals surface area contributed by atoms with Gasteiger partial charge in [-0.15, -0.1) is 12.4 Å². The molecular weight excluding hydrogens is 276 g/mol. The lowest BCUT2D eigenvalue weighted by Crippen LogP contribution is -2.11. The van der Waals surface area contributed by atoms with Crippen LogP contribution in [0.1, 0.15) is 37.7 Å². The van der Waals surface area contributed by atoms with Crippen molar-refractivity contribution in [3.63, 3.8) is 0 Å². The monoisotopic (exact) mass is 300 g/mol. The minimum Gasteiger partial charge on any atom is -0.396 e. The number of unbranched alkanes of at least 4 members (excludes halogenated alkanes) is 3. The molecule has 0 radical (unpaired) electrons. The van der Waals surface area contributed by atoms with Gasteiger partial charge in [0.2, 0.25) is 5.91 Å². The summed E-state index contributed by atoms with van der Waals surface area (Å²) >= 11 is 0. The molecule has 4 nitrogen and oxygen atoms in total. The highest BCUT2D eigenvalue weighted by atomic mass is 35.5. The molecule has 0 fully saturated rings. The van der Waals surface area contributed by atoms with E-state index in [0.717, 1.165) is 43.5 Å². The zero-order chi connectivity index (χ0) is 13.9. The number of rotatable bonds is 9. The summed E-state index contributed by atoms with van der Waals surface area (Å²) in [7, 11) is 0. The van der Waals surface area contributed by atoms with Crippen LogP contribution in [0.2, 0.25) is 0 Å². The van der Waals surface area contributed by atoms with Crippen molar-refractivity contribution in [1.82, 2.24) is 0 Å². The Bertz CT molecular complexity index is 369. The summed E-state index contributed by atoms with van der Waals surface area (Å²) in [5.41, 5.74) is 7.30. The third kappa shape index (κ3) is 8.15. The number of carbonyl (C=O) groups is 1. The quantitative estimate of drug-likeness (QED) is 0.613. The number of amides is 1. The number of anilines is 1. The van der Waals surface area contributed by atoms with Gasteiger partial charge in [0, 0.05) is 18.7 Å². The van der Waals surface area contributed by atoms with Crippen molar-refractivity contribution < 1.29 is 9.90 Å². The minimum atomic E-state index is 0. The highest BCUT2D eigenvalue weighted by molar-refractivity contribution is 5.90. The van der Waals surface area contributed by atoms with Gasteiger partial charge in [-0.1, -0.05) is 25.0 Å². The fourth-order valence-electron chi connectivity index (χ4n) is 1.89. The molecule has 1 aromatic carbocycles. The summed E-state index contributed by atoms with van der Waals surface area (Å²) < 4.78 is 0. The Balaban J connectivity index is 0.00000361. The normalized spacial score (nSPS) is 9.90. The molecular formula is C15H25ClN2O2. The van der Waals surface area contributed by atoms with Crippen molar-refractivity contribution in [3.05, 3.63) is 29.8 Å². The summed E-state index contributed by atoms with van der Waals surface area (Å²) in [6.07, 6.45) is 5.31. The van der Waals surface area contributed by atoms with Gasteiger partial charge in [0.25, 0.3) is 0 Å². The van der Waals surface area contributed by atoms with Crippen LogP contribution in [-0.2, 0) is 11.2 Å². The minimum absolute atomic E-state index is 0. The van der Waals surface area contributed by atoms with E-state index in [9.17, 15) is 4.79 Å². The first-order chi connectivity index (χ1) is 9.26. The highest BCUT2D eigenvalue weighted by Gasteiger charge is 2.02. The second-order valence-electron chi connectivity index (χ2n) is 4.67. The third-order valence-corrected chi connectivity index (χ3v) is 3.00. The Morgan fingerprint density at radius 1 is 1.10 bits per heavy atom. The van der Waals surface area contributed by atoms with Crippen molar-refractivity contribution in [3.8, 4) is 0 Å². The molecule has 0 spiro atoms. The standard InChI is InChI=1S/C15H24N2O2.ClH/c16-11-4-2-1-3-5-15(19)17-14-8-6-13(7-9-14)10-12-18;/h6-9,18H,1-5,10-12,16H2,(H,17,19);1H. The van der Waals surface area contributed by atoms with E-state index in [-0.39, 0.29) is 24.9 Å². The molecule has 0 bridgehead atoms. The second kappa shape index (κ2) is 11.7. The predicted molar refractivity (Wildman–Crippen MR) is 85.2 cm³/mol. The lowest BCUT2D eigenvalue weighted by atomic mass is 10.1. The van der Waals surface area contributed by atoms with E-state index < -0.39 is 0 Å². The van der Waals surface area contributed by atoms with Gasteiger partial charge in [-0.05, 0) is 43.5 Å². The van der Waals surface area contributed by atoms with Gasteiger partial charge >= 0.3 is 0 Å². The Hall–Kier alpha value is -1.10. The maximum absolute atomic E-state index is 11.7. The molecule has 1 aromatic rings. The van der Waals surface area contributed by atoms with E-state index in [1.54, 1.807) is 0 Å². The third-order valence-electron chi connectivity index (χ3n) is 3.00. The van der Waals surface area contributed by atoms with Gasteiger partial charge in [-0.2, -0.15) is 0 Å². The Kier molecular flexibility index (Phi) is 11.1. The van der Waals surface area contributed by atoms with Gasteiger partial charge in [0.1, 0.15) is 0 Å². The Morgan fingerprint density at radius 3 is 2.35 bits per heavy atom. The van der Waals surface area contributed by atoms with E-state index in [0.29, 0.717) is 12.8 Å². The van der Waals surface area contributed by atoms with Gasteiger partial charge < -0.3 is 16.2 Å². The average Bonchev–Trinajstić information content (AvgIpc) is 2.41. The smallest absolute Gasteiger partial charge is 0.224 e. The summed E-state index contributed by atoms with van der Waals surface area (Å²) in [6.45, 7) is 0.876. The summed E-state index contributed by atoms with van der Waals surface area (Å²) in [5.74, 6) is 0.0580. The topological polar surface area (TPSA) is 75.4 Å². The van der Waals surface area contributed by atoms with Crippen LogP contribution in [0.4, 0.5) is 5.69 Å². The van der Waals surface area contributed by atoms with Crippen LogP contribution in [0, 0.1) is 0 Å². The number of halogens is 1. The zero-order valence-electron chi connectivity index (χ0n) is 11.8. The van der Waals surface area contributed by atoms with Crippen LogP contribution in [0.3, 0.4) is 0 Å². The SMILES string of the molecule is Cl.NCCCCCCC(=O)Nc1ccc(CCO)cc1. The molecule has 0 heterocycles. The number of nitrogens with one attached hydrogen (secondary N) is 1. The maximum Gasteiger partial charge on any atom is 0.224 e. The number of aliphatic hydroxyl groups is 1. The molecule has 0 aromatic heterocycles.